The van der Waals surface area contributed by atoms with Crippen LogP contribution in [0, 0.1) is 6.92 Å². The predicted molar refractivity (Wildman–Crippen MR) is 110 cm³/mol. The number of phenols is 1. The van der Waals surface area contributed by atoms with Crippen LogP contribution in [-0.2, 0) is 19.4 Å². The first kappa shape index (κ1) is 19.3. The Balaban J connectivity index is 2.08. The molecular weight excluding hydrogens is 338 g/mol. The molecule has 0 aliphatic rings. The third-order valence-corrected chi connectivity index (χ3v) is 4.96. The van der Waals surface area contributed by atoms with Gasteiger partial charge < -0.3 is 19.2 Å². The van der Waals surface area contributed by atoms with E-state index in [1.165, 1.54) is 0 Å². The third-order valence-electron chi connectivity index (χ3n) is 4.96. The van der Waals surface area contributed by atoms with E-state index in [9.17, 15) is 5.11 Å². The van der Waals surface area contributed by atoms with E-state index in [0.29, 0.717) is 12.2 Å². The van der Waals surface area contributed by atoms with E-state index in [0.717, 1.165) is 64.1 Å². The number of methoxy groups -OCH3 is 1. The van der Waals surface area contributed by atoms with Gasteiger partial charge in [-0.05, 0) is 56.8 Å². The van der Waals surface area contributed by atoms with Crippen molar-refractivity contribution in [3.8, 4) is 11.5 Å². The number of fused-ring (bicyclic) bond motifs is 1. The van der Waals surface area contributed by atoms with Crippen LogP contribution in [0.25, 0.3) is 11.0 Å². The fourth-order valence-corrected chi connectivity index (χ4v) is 3.59. The second-order valence-corrected chi connectivity index (χ2v) is 7.41. The number of aromatic hydroxyl groups is 1. The average Bonchev–Trinajstić information content (AvgIpc) is 2.96. The number of rotatable bonds is 7. The molecule has 1 N–H and O–H groups in total. The molecule has 3 rings (SSSR count). The van der Waals surface area contributed by atoms with Gasteiger partial charge in [-0.15, -0.1) is 0 Å². The van der Waals surface area contributed by atoms with Gasteiger partial charge in [-0.1, -0.05) is 25.5 Å². The molecule has 0 unspecified atom stereocenters. The largest absolute Gasteiger partial charge is 0.507 e. The van der Waals surface area contributed by atoms with Gasteiger partial charge in [0.15, 0.2) is 0 Å². The highest BCUT2D eigenvalue weighted by Gasteiger charge is 2.20. The Morgan fingerprint density at radius 3 is 2.41 bits per heavy atom. The summed E-state index contributed by atoms with van der Waals surface area (Å²) in [5.74, 6) is 2.12. The predicted octanol–water partition coefficient (Wildman–Crippen LogP) is 5.06. The van der Waals surface area contributed by atoms with Crippen LogP contribution in [0.15, 0.2) is 34.7 Å². The summed E-state index contributed by atoms with van der Waals surface area (Å²) in [5, 5.41) is 11.7. The van der Waals surface area contributed by atoms with Gasteiger partial charge in [-0.3, -0.25) is 0 Å². The Morgan fingerprint density at radius 1 is 1.11 bits per heavy atom. The molecule has 0 atom stereocenters. The van der Waals surface area contributed by atoms with Gasteiger partial charge in [0.25, 0.3) is 0 Å². The highest BCUT2D eigenvalue weighted by Crippen LogP contribution is 2.39. The number of ether oxygens (including phenoxy) is 1. The van der Waals surface area contributed by atoms with Crippen molar-refractivity contribution < 1.29 is 14.3 Å². The fourth-order valence-electron chi connectivity index (χ4n) is 3.59. The van der Waals surface area contributed by atoms with E-state index >= 15 is 0 Å². The zero-order valence-electron chi connectivity index (χ0n) is 16.9. The summed E-state index contributed by atoms with van der Waals surface area (Å²) in [6.45, 7) is 4.95. The van der Waals surface area contributed by atoms with Crippen LogP contribution in [-0.4, -0.2) is 31.2 Å². The summed E-state index contributed by atoms with van der Waals surface area (Å²) in [6.07, 6.45) is 2.55. The minimum absolute atomic E-state index is 0.372. The Bertz CT molecular complexity index is 923. The van der Waals surface area contributed by atoms with E-state index in [1.54, 1.807) is 7.11 Å². The maximum atomic E-state index is 10.9. The highest BCUT2D eigenvalue weighted by atomic mass is 16.5. The maximum absolute atomic E-state index is 10.9. The molecule has 4 heteroatoms. The van der Waals surface area contributed by atoms with Crippen molar-refractivity contribution in [1.82, 2.24) is 4.90 Å². The molecule has 0 spiro atoms. The van der Waals surface area contributed by atoms with Crippen LogP contribution < -0.4 is 4.74 Å². The van der Waals surface area contributed by atoms with Crippen LogP contribution >= 0.6 is 0 Å². The van der Waals surface area contributed by atoms with Crippen molar-refractivity contribution in [2.45, 2.75) is 39.7 Å². The molecule has 0 saturated heterocycles. The highest BCUT2D eigenvalue weighted by molar-refractivity contribution is 5.92. The summed E-state index contributed by atoms with van der Waals surface area (Å²) in [6, 6.07) is 10.1. The molecule has 0 aliphatic heterocycles. The first-order valence-corrected chi connectivity index (χ1v) is 9.47. The molecule has 4 nitrogen and oxygen atoms in total. The van der Waals surface area contributed by atoms with Crippen LogP contribution in [0.4, 0.5) is 0 Å². The first-order chi connectivity index (χ1) is 12.9. The van der Waals surface area contributed by atoms with Gasteiger partial charge in [0.1, 0.15) is 22.8 Å². The number of nitrogens with zero attached hydrogens (tertiary/aromatic N) is 1. The quantitative estimate of drug-likeness (QED) is 0.634. The number of hydrogen-bond donors (Lipinski definition) is 1. The topological polar surface area (TPSA) is 45.8 Å². The van der Waals surface area contributed by atoms with Crippen molar-refractivity contribution >= 4 is 11.0 Å². The molecular formula is C23H29NO3. The van der Waals surface area contributed by atoms with Gasteiger partial charge in [0.2, 0.25) is 0 Å². The van der Waals surface area contributed by atoms with E-state index in [-0.39, 0.29) is 0 Å². The van der Waals surface area contributed by atoms with E-state index in [4.69, 9.17) is 9.15 Å². The molecule has 27 heavy (non-hydrogen) atoms. The molecule has 0 aliphatic carbocycles. The summed E-state index contributed by atoms with van der Waals surface area (Å²) in [7, 11) is 5.76. The summed E-state index contributed by atoms with van der Waals surface area (Å²) < 4.78 is 11.5. The lowest BCUT2D eigenvalue weighted by molar-refractivity contribution is 0.399. The number of benzene rings is 2. The van der Waals surface area contributed by atoms with Gasteiger partial charge in [0.05, 0.1) is 12.5 Å². The van der Waals surface area contributed by atoms with E-state index < -0.39 is 0 Å². The molecule has 1 aromatic heterocycles. The third kappa shape index (κ3) is 3.96. The second kappa shape index (κ2) is 8.05. The monoisotopic (exact) mass is 367 g/mol. The fraction of sp³-hybridized carbons (Fsp3) is 0.391. The van der Waals surface area contributed by atoms with Crippen molar-refractivity contribution in [3.63, 3.8) is 0 Å². The molecule has 3 aromatic rings. The lowest BCUT2D eigenvalue weighted by atomic mass is 9.98. The van der Waals surface area contributed by atoms with Gasteiger partial charge in [0, 0.05) is 24.1 Å². The average molecular weight is 367 g/mol. The number of furan rings is 1. The lowest BCUT2D eigenvalue weighted by Crippen LogP contribution is -2.11. The molecule has 144 valence electrons. The van der Waals surface area contributed by atoms with E-state index in [1.807, 2.05) is 33.2 Å². The Kier molecular flexibility index (Phi) is 5.76. The Hall–Kier alpha value is -2.46. The van der Waals surface area contributed by atoms with Crippen LogP contribution in [0.5, 0.6) is 11.5 Å². The van der Waals surface area contributed by atoms with Crippen LogP contribution in [0.2, 0.25) is 0 Å². The maximum Gasteiger partial charge on any atom is 0.142 e. The summed E-state index contributed by atoms with van der Waals surface area (Å²) in [5.41, 5.74) is 5.11. The second-order valence-electron chi connectivity index (χ2n) is 7.41. The van der Waals surface area contributed by atoms with Crippen molar-refractivity contribution in [2.24, 2.45) is 0 Å². The number of phenolic OH excluding ortho intramolecular Hbond substituents is 1. The number of hydrogen-bond acceptors (Lipinski definition) is 4. The Labute approximate surface area is 161 Å². The SMILES string of the molecule is CCCc1cc(CN(C)C)c2oc(Cc3ccc(OC)cc3)c(C)c2c1O. The zero-order valence-corrected chi connectivity index (χ0v) is 16.9. The smallest absolute Gasteiger partial charge is 0.142 e. The molecule has 1 heterocycles. The van der Waals surface area contributed by atoms with Gasteiger partial charge in [-0.2, -0.15) is 0 Å². The summed E-state index contributed by atoms with van der Waals surface area (Å²) in [4.78, 5) is 2.13. The zero-order chi connectivity index (χ0) is 19.6. The Morgan fingerprint density at radius 2 is 1.81 bits per heavy atom. The normalized spacial score (nSPS) is 11.5. The standard InChI is InChI=1S/C23H29NO3/c1-6-7-17-13-18(14-24(3)4)23-21(22(17)25)15(2)20(27-23)12-16-8-10-19(26-5)11-9-16/h8-11,13,25H,6-7,12,14H2,1-5H3. The van der Waals surface area contributed by atoms with Crippen molar-refractivity contribution in [1.29, 1.82) is 0 Å². The van der Waals surface area contributed by atoms with Crippen molar-refractivity contribution in [2.75, 3.05) is 21.2 Å². The van der Waals surface area contributed by atoms with Gasteiger partial charge >= 0.3 is 0 Å². The lowest BCUT2D eigenvalue weighted by Gasteiger charge is -2.13. The minimum atomic E-state index is 0.372. The minimum Gasteiger partial charge on any atom is -0.507 e. The first-order valence-electron chi connectivity index (χ1n) is 9.47. The van der Waals surface area contributed by atoms with Crippen LogP contribution in [0.1, 0.15) is 41.4 Å². The molecule has 0 fully saturated rings. The van der Waals surface area contributed by atoms with Crippen LogP contribution in [0.3, 0.4) is 0 Å². The van der Waals surface area contributed by atoms with Gasteiger partial charge in [-0.25, -0.2) is 0 Å². The molecule has 0 saturated carbocycles. The molecule has 0 amide bonds. The number of aryl methyl sites for hydroxylation is 2. The van der Waals surface area contributed by atoms with Crippen molar-refractivity contribution in [3.05, 3.63) is 58.3 Å². The summed E-state index contributed by atoms with van der Waals surface area (Å²) >= 11 is 0. The van der Waals surface area contributed by atoms with E-state index in [2.05, 4.69) is 30.0 Å². The molecule has 0 bridgehead atoms. The molecule has 2 aromatic carbocycles. The molecule has 0 radical (unpaired) electrons.